The molecule has 0 fully saturated rings. The van der Waals surface area contributed by atoms with Gasteiger partial charge >= 0.3 is 5.97 Å². The Morgan fingerprint density at radius 1 is 1.58 bits per heavy atom. The Kier molecular flexibility index (Phi) is 5.75. The van der Waals surface area contributed by atoms with Crippen molar-refractivity contribution < 1.29 is 14.0 Å². The van der Waals surface area contributed by atoms with Gasteiger partial charge in [0.05, 0.1) is 13.2 Å². The van der Waals surface area contributed by atoms with E-state index in [1.165, 1.54) is 18.4 Å². The van der Waals surface area contributed by atoms with Crippen LogP contribution >= 0.6 is 0 Å². The van der Waals surface area contributed by atoms with Crippen LogP contribution in [0.15, 0.2) is 35.6 Å². The summed E-state index contributed by atoms with van der Waals surface area (Å²) in [6.07, 6.45) is 8.63. The van der Waals surface area contributed by atoms with E-state index in [1.54, 1.807) is 0 Å². The Morgan fingerprint density at radius 3 is 2.79 bits per heavy atom. The van der Waals surface area contributed by atoms with Gasteiger partial charge in [-0.15, -0.1) is 0 Å². The van der Waals surface area contributed by atoms with Crippen LogP contribution in [-0.2, 0) is 14.0 Å². The summed E-state index contributed by atoms with van der Waals surface area (Å²) >= 11 is 0. The van der Waals surface area contributed by atoms with Gasteiger partial charge in [-0.25, -0.2) is 4.79 Å². The molecule has 0 aromatic rings. The van der Waals surface area contributed by atoms with Crippen molar-refractivity contribution in [3.05, 3.63) is 35.6 Å². The van der Waals surface area contributed by atoms with E-state index in [9.17, 15) is 4.79 Å². The number of rotatable bonds is 6. The maximum Gasteiger partial charge on any atom is 0.330 e. The maximum absolute atomic E-state index is 10.9. The van der Waals surface area contributed by atoms with Crippen molar-refractivity contribution in [3.63, 3.8) is 0 Å². The van der Waals surface area contributed by atoms with Crippen LogP contribution in [0.25, 0.3) is 0 Å². The minimum Gasteiger partial charge on any atom is -0.466 e. The fourth-order valence-electron chi connectivity index (χ4n) is 2.35. The minimum atomic E-state index is -1.72. The van der Waals surface area contributed by atoms with E-state index in [4.69, 9.17) is 4.43 Å². The molecule has 0 saturated carbocycles. The first-order chi connectivity index (χ1) is 8.86. The number of carbonyl (C=O) groups is 1. The number of carbonyl (C=O) groups excluding carboxylic acids is 1. The van der Waals surface area contributed by atoms with E-state index in [0.717, 1.165) is 24.8 Å². The van der Waals surface area contributed by atoms with Crippen molar-refractivity contribution in [3.8, 4) is 0 Å². The van der Waals surface area contributed by atoms with Crippen molar-refractivity contribution in [2.75, 3.05) is 7.11 Å². The molecule has 0 aromatic heterocycles. The van der Waals surface area contributed by atoms with Crippen molar-refractivity contribution in [2.45, 2.75) is 45.4 Å². The molecule has 0 radical (unpaired) electrons. The summed E-state index contributed by atoms with van der Waals surface area (Å²) in [7, 11) is -0.334. The predicted molar refractivity (Wildman–Crippen MR) is 80.3 cm³/mol. The third kappa shape index (κ3) is 4.80. The maximum atomic E-state index is 10.9. The first-order valence-electron chi connectivity index (χ1n) is 6.67. The largest absolute Gasteiger partial charge is 0.466 e. The summed E-state index contributed by atoms with van der Waals surface area (Å²) in [5.74, 6) is -0.296. The van der Waals surface area contributed by atoms with Crippen molar-refractivity contribution >= 4 is 14.3 Å². The molecule has 1 heterocycles. The van der Waals surface area contributed by atoms with Crippen LogP contribution < -0.4 is 0 Å². The summed E-state index contributed by atoms with van der Waals surface area (Å²) in [6.45, 7) is 10.5. The summed E-state index contributed by atoms with van der Waals surface area (Å²) in [4.78, 5) is 10.9. The zero-order valence-corrected chi connectivity index (χ0v) is 13.4. The highest BCUT2D eigenvalue weighted by Gasteiger charge is 2.36. The highest BCUT2D eigenvalue weighted by Crippen LogP contribution is 2.32. The highest BCUT2D eigenvalue weighted by atomic mass is 28.4. The molecule has 0 aliphatic carbocycles. The number of esters is 1. The van der Waals surface area contributed by atoms with Gasteiger partial charge in [0.1, 0.15) is 0 Å². The second kappa shape index (κ2) is 6.87. The standard InChI is InChI=1S/C15H24O3Si/c1-12(2)14-11-13(18-19(14,4)5)9-7-6-8-10-15(16)17-3/h8,10-11,13H,1,6-7,9H2,2-5H3/b10-8+. The van der Waals surface area contributed by atoms with Gasteiger partial charge in [-0.2, -0.15) is 0 Å². The van der Waals surface area contributed by atoms with Crippen LogP contribution in [0.5, 0.6) is 0 Å². The zero-order valence-electron chi connectivity index (χ0n) is 12.4. The van der Waals surface area contributed by atoms with E-state index in [1.807, 2.05) is 13.0 Å². The molecule has 19 heavy (non-hydrogen) atoms. The molecule has 4 heteroatoms. The lowest BCUT2D eigenvalue weighted by Crippen LogP contribution is -2.31. The second-order valence-electron chi connectivity index (χ2n) is 5.38. The van der Waals surface area contributed by atoms with Crippen LogP contribution in [0, 0.1) is 0 Å². The minimum absolute atomic E-state index is 0.208. The molecule has 0 N–H and O–H groups in total. The number of methoxy groups -OCH3 is 1. The molecule has 1 aliphatic heterocycles. The van der Waals surface area contributed by atoms with Gasteiger partial charge < -0.3 is 9.16 Å². The van der Waals surface area contributed by atoms with Crippen molar-refractivity contribution in [1.29, 1.82) is 0 Å². The average molecular weight is 280 g/mol. The third-order valence-electron chi connectivity index (χ3n) is 3.22. The molecule has 1 aliphatic rings. The molecule has 3 nitrogen and oxygen atoms in total. The number of unbranched alkanes of at least 4 members (excludes halogenated alkanes) is 1. The van der Waals surface area contributed by atoms with Crippen LogP contribution in [0.3, 0.4) is 0 Å². The Morgan fingerprint density at radius 2 is 2.26 bits per heavy atom. The normalized spacial score (nSPS) is 21.5. The van der Waals surface area contributed by atoms with Crippen molar-refractivity contribution in [1.82, 2.24) is 0 Å². The molecule has 0 saturated heterocycles. The summed E-state index contributed by atoms with van der Waals surface area (Å²) in [6, 6.07) is 0. The second-order valence-corrected chi connectivity index (χ2v) is 9.18. The highest BCUT2D eigenvalue weighted by molar-refractivity contribution is 6.80. The first-order valence-corrected chi connectivity index (χ1v) is 9.58. The number of ether oxygens (including phenoxy) is 1. The molecule has 1 rings (SSSR count). The summed E-state index contributed by atoms with van der Waals surface area (Å²) in [5, 5.41) is 1.34. The number of hydrogen-bond donors (Lipinski definition) is 0. The van der Waals surface area contributed by atoms with Crippen LogP contribution in [0.4, 0.5) is 0 Å². The zero-order chi connectivity index (χ0) is 14.5. The third-order valence-corrected chi connectivity index (χ3v) is 6.00. The first kappa shape index (κ1) is 15.9. The lowest BCUT2D eigenvalue weighted by atomic mass is 10.1. The van der Waals surface area contributed by atoms with Crippen LogP contribution in [0.1, 0.15) is 26.2 Å². The van der Waals surface area contributed by atoms with Gasteiger partial charge in [-0.3, -0.25) is 0 Å². The molecular formula is C15H24O3Si. The Bertz CT molecular complexity index is 408. The molecule has 1 unspecified atom stereocenters. The smallest absolute Gasteiger partial charge is 0.330 e. The Hall–Kier alpha value is -1.13. The molecule has 1 atom stereocenters. The topological polar surface area (TPSA) is 35.5 Å². The van der Waals surface area contributed by atoms with Gasteiger partial charge in [0, 0.05) is 6.08 Å². The van der Waals surface area contributed by atoms with Gasteiger partial charge in [0.15, 0.2) is 0 Å². The quantitative estimate of drug-likeness (QED) is 0.323. The predicted octanol–water partition coefficient (Wildman–Crippen LogP) is 3.53. The molecule has 0 amide bonds. The summed E-state index contributed by atoms with van der Waals surface area (Å²) in [5.41, 5.74) is 1.13. The van der Waals surface area contributed by atoms with Crippen LogP contribution in [-0.4, -0.2) is 27.5 Å². The lowest BCUT2D eigenvalue weighted by Gasteiger charge is -2.21. The SMILES string of the molecule is C=C(C)C1=CC(CCC/C=C/C(=O)OC)O[Si]1(C)C. The van der Waals surface area contributed by atoms with E-state index < -0.39 is 8.32 Å². The van der Waals surface area contributed by atoms with Gasteiger partial charge in [-0.05, 0) is 44.5 Å². The number of allylic oxidation sites excluding steroid dienone is 3. The average Bonchev–Trinajstić information content (AvgIpc) is 2.63. The van der Waals surface area contributed by atoms with E-state index in [0.29, 0.717) is 0 Å². The fraction of sp³-hybridized carbons (Fsp3) is 0.533. The van der Waals surface area contributed by atoms with Crippen LogP contribution in [0.2, 0.25) is 13.1 Å². The Balaban J connectivity index is 2.38. The van der Waals surface area contributed by atoms with Gasteiger partial charge in [0.2, 0.25) is 8.32 Å². The van der Waals surface area contributed by atoms with E-state index >= 15 is 0 Å². The van der Waals surface area contributed by atoms with Crippen molar-refractivity contribution in [2.24, 2.45) is 0 Å². The van der Waals surface area contributed by atoms with E-state index in [-0.39, 0.29) is 12.1 Å². The van der Waals surface area contributed by atoms with E-state index in [2.05, 4.69) is 30.5 Å². The molecular weight excluding hydrogens is 256 g/mol. The summed E-state index contributed by atoms with van der Waals surface area (Å²) < 4.78 is 10.7. The van der Waals surface area contributed by atoms with Gasteiger partial charge in [0.25, 0.3) is 0 Å². The fourth-order valence-corrected chi connectivity index (χ4v) is 5.03. The number of hydrogen-bond acceptors (Lipinski definition) is 3. The molecule has 106 valence electrons. The monoisotopic (exact) mass is 280 g/mol. The lowest BCUT2D eigenvalue weighted by molar-refractivity contribution is -0.134. The Labute approximate surface area is 117 Å². The molecule has 0 aromatic carbocycles. The molecule has 0 bridgehead atoms. The molecule has 0 spiro atoms. The van der Waals surface area contributed by atoms with Gasteiger partial charge in [-0.1, -0.05) is 24.3 Å².